The van der Waals surface area contributed by atoms with E-state index in [1.807, 2.05) is 23.5 Å². The molecule has 3 heteroatoms. The lowest BCUT2D eigenvalue weighted by Gasteiger charge is -2.29. The summed E-state index contributed by atoms with van der Waals surface area (Å²) >= 11 is 1.85. The van der Waals surface area contributed by atoms with E-state index in [1.54, 1.807) is 0 Å². The van der Waals surface area contributed by atoms with Gasteiger partial charge in [-0.05, 0) is 92.3 Å². The first-order chi connectivity index (χ1) is 29.3. The predicted octanol–water partition coefficient (Wildman–Crippen LogP) is 16.7. The van der Waals surface area contributed by atoms with Gasteiger partial charge >= 0.3 is 0 Å². The molecule has 10 aromatic carbocycles. The van der Waals surface area contributed by atoms with Gasteiger partial charge in [-0.1, -0.05) is 164 Å². The molecule has 0 spiro atoms. The second-order valence-electron chi connectivity index (χ2n) is 15.2. The molecule has 0 amide bonds. The van der Waals surface area contributed by atoms with Gasteiger partial charge in [0.25, 0.3) is 0 Å². The lowest BCUT2D eigenvalue weighted by Crippen LogP contribution is -2.12. The van der Waals surface area contributed by atoms with Gasteiger partial charge < -0.3 is 9.32 Å². The molecule has 276 valence electrons. The molecule has 2 nitrogen and oxygen atoms in total. The van der Waals surface area contributed by atoms with Crippen molar-refractivity contribution < 1.29 is 4.42 Å². The Kier molecular flexibility index (Phi) is 7.75. The molecule has 0 aliphatic rings. The average Bonchev–Trinajstić information content (AvgIpc) is 3.89. The third-order valence-electron chi connectivity index (χ3n) is 11.9. The molecule has 0 aliphatic carbocycles. The van der Waals surface area contributed by atoms with Crippen molar-refractivity contribution in [1.29, 1.82) is 0 Å². The van der Waals surface area contributed by atoms with Crippen LogP contribution < -0.4 is 4.90 Å². The van der Waals surface area contributed by atoms with Crippen LogP contribution in [0.1, 0.15) is 0 Å². The second-order valence-corrected chi connectivity index (χ2v) is 16.3. The Labute approximate surface area is 345 Å². The van der Waals surface area contributed by atoms with Crippen LogP contribution in [0.25, 0.3) is 97.0 Å². The molecule has 0 saturated carbocycles. The van der Waals surface area contributed by atoms with Gasteiger partial charge in [0.15, 0.2) is 0 Å². The van der Waals surface area contributed by atoms with E-state index in [1.165, 1.54) is 52.8 Å². The Morgan fingerprint density at radius 2 is 1.00 bits per heavy atom. The SMILES string of the molecule is c1ccc(-c2ccc(-c3cc4ccccc4c4ccccc34)cc2N(c2ccc(-c3cccc4c3oc3ccccc34)cc2)c2cccc3sc4ccccc4c23)cc1. The molecule has 0 fully saturated rings. The summed E-state index contributed by atoms with van der Waals surface area (Å²) in [4.78, 5) is 2.49. The number of anilines is 3. The number of fused-ring (bicyclic) bond motifs is 9. The summed E-state index contributed by atoms with van der Waals surface area (Å²) in [6, 6.07) is 77.1. The van der Waals surface area contributed by atoms with Gasteiger partial charge in [-0.2, -0.15) is 0 Å². The van der Waals surface area contributed by atoms with Crippen molar-refractivity contribution in [2.24, 2.45) is 0 Å². The van der Waals surface area contributed by atoms with E-state index in [-0.39, 0.29) is 0 Å². The fraction of sp³-hybridized carbons (Fsp3) is 0. The van der Waals surface area contributed by atoms with Crippen molar-refractivity contribution in [1.82, 2.24) is 0 Å². The highest BCUT2D eigenvalue weighted by Gasteiger charge is 2.23. The van der Waals surface area contributed by atoms with E-state index in [2.05, 4.69) is 205 Å². The average molecular weight is 770 g/mol. The van der Waals surface area contributed by atoms with Gasteiger partial charge in [-0.15, -0.1) is 11.3 Å². The van der Waals surface area contributed by atoms with Gasteiger partial charge in [0, 0.05) is 47.8 Å². The van der Waals surface area contributed by atoms with Crippen LogP contribution in [0, 0.1) is 0 Å². The summed E-state index contributed by atoms with van der Waals surface area (Å²) in [6.07, 6.45) is 0. The second kappa shape index (κ2) is 13.6. The van der Waals surface area contributed by atoms with Crippen LogP contribution in [0.15, 0.2) is 217 Å². The Morgan fingerprint density at radius 3 is 1.86 bits per heavy atom. The number of nitrogens with zero attached hydrogens (tertiary/aromatic N) is 1. The quantitative estimate of drug-likeness (QED) is 0.157. The maximum absolute atomic E-state index is 6.50. The molecule has 0 saturated heterocycles. The Hall–Kier alpha value is -7.46. The van der Waals surface area contributed by atoms with E-state index in [9.17, 15) is 0 Å². The van der Waals surface area contributed by atoms with E-state index in [0.29, 0.717) is 0 Å². The number of hydrogen-bond donors (Lipinski definition) is 0. The molecule has 0 bridgehead atoms. The maximum atomic E-state index is 6.50. The Morgan fingerprint density at radius 1 is 0.356 bits per heavy atom. The van der Waals surface area contributed by atoms with Crippen molar-refractivity contribution in [2.45, 2.75) is 0 Å². The Bertz CT molecular complexity index is 3560. The van der Waals surface area contributed by atoms with Crippen LogP contribution in [0.3, 0.4) is 0 Å². The molecule has 0 N–H and O–H groups in total. The van der Waals surface area contributed by atoms with E-state index in [0.717, 1.165) is 61.3 Å². The van der Waals surface area contributed by atoms with Gasteiger partial charge in [0.2, 0.25) is 0 Å². The molecule has 12 aromatic rings. The molecule has 0 radical (unpaired) electrons. The highest BCUT2D eigenvalue weighted by molar-refractivity contribution is 7.26. The topological polar surface area (TPSA) is 16.4 Å². The van der Waals surface area contributed by atoms with Crippen LogP contribution >= 0.6 is 11.3 Å². The van der Waals surface area contributed by atoms with Crippen molar-refractivity contribution in [3.05, 3.63) is 212 Å². The number of furan rings is 1. The minimum absolute atomic E-state index is 0.904. The molecule has 0 aliphatic heterocycles. The monoisotopic (exact) mass is 769 g/mol. The van der Waals surface area contributed by atoms with E-state index in [4.69, 9.17) is 4.42 Å². The van der Waals surface area contributed by atoms with Gasteiger partial charge in [0.05, 0.1) is 11.4 Å². The van der Waals surface area contributed by atoms with Crippen LogP contribution in [-0.4, -0.2) is 0 Å². The molecule has 2 heterocycles. The number of benzene rings is 10. The van der Waals surface area contributed by atoms with Crippen LogP contribution in [0.2, 0.25) is 0 Å². The minimum Gasteiger partial charge on any atom is -0.455 e. The zero-order valence-corrected chi connectivity index (χ0v) is 32.8. The third kappa shape index (κ3) is 5.47. The lowest BCUT2D eigenvalue weighted by molar-refractivity contribution is 0.670. The van der Waals surface area contributed by atoms with Gasteiger partial charge in [-0.3, -0.25) is 0 Å². The Balaban J connectivity index is 1.12. The molecular weight excluding hydrogens is 735 g/mol. The summed E-state index contributed by atoms with van der Waals surface area (Å²) in [6.45, 7) is 0. The molecular formula is C56H35NOS. The minimum atomic E-state index is 0.904. The maximum Gasteiger partial charge on any atom is 0.143 e. The van der Waals surface area contributed by atoms with Crippen LogP contribution in [0.4, 0.5) is 17.1 Å². The predicted molar refractivity (Wildman–Crippen MR) is 253 cm³/mol. The number of hydrogen-bond acceptors (Lipinski definition) is 3. The van der Waals surface area contributed by atoms with Crippen molar-refractivity contribution in [3.8, 4) is 33.4 Å². The summed E-state index contributed by atoms with van der Waals surface area (Å²) in [5.41, 5.74) is 12.0. The normalized spacial score (nSPS) is 11.7. The first-order valence-corrected chi connectivity index (χ1v) is 20.9. The smallest absolute Gasteiger partial charge is 0.143 e. The van der Waals surface area contributed by atoms with Gasteiger partial charge in [0.1, 0.15) is 11.2 Å². The standard InChI is InChI=1S/C56H35NOS/c1-2-14-36(15-3-1)42-33-30-39(49-34-38-16-4-5-17-41(38)44-18-6-7-19-45(44)49)35-51(42)57(50-24-13-27-54-55(50)48-21-9-11-26-53(48)59-54)40-31-28-37(29-32-40)43-22-12-23-47-46-20-8-10-25-52(46)58-56(43)47/h1-35H. The lowest BCUT2D eigenvalue weighted by atomic mass is 9.91. The van der Waals surface area contributed by atoms with Gasteiger partial charge in [-0.25, -0.2) is 0 Å². The summed E-state index contributed by atoms with van der Waals surface area (Å²) in [5, 5.41) is 9.78. The number of rotatable bonds is 6. The fourth-order valence-corrected chi connectivity index (χ4v) is 10.3. The number of thiophene rings is 1. The molecule has 12 rings (SSSR count). The highest BCUT2D eigenvalue weighted by atomic mass is 32.1. The highest BCUT2D eigenvalue weighted by Crippen LogP contribution is 2.49. The zero-order valence-electron chi connectivity index (χ0n) is 32.0. The fourth-order valence-electron chi connectivity index (χ4n) is 9.15. The zero-order chi connectivity index (χ0) is 38.9. The van der Waals surface area contributed by atoms with Crippen LogP contribution in [0.5, 0.6) is 0 Å². The summed E-state index contributed by atoms with van der Waals surface area (Å²) in [7, 11) is 0. The number of para-hydroxylation sites is 2. The molecule has 0 atom stereocenters. The first kappa shape index (κ1) is 33.7. The molecule has 0 unspecified atom stereocenters. The van der Waals surface area contributed by atoms with Crippen molar-refractivity contribution in [2.75, 3.05) is 4.90 Å². The molecule has 59 heavy (non-hydrogen) atoms. The molecule has 2 aromatic heterocycles. The van der Waals surface area contributed by atoms with Crippen molar-refractivity contribution in [3.63, 3.8) is 0 Å². The first-order valence-electron chi connectivity index (χ1n) is 20.1. The third-order valence-corrected chi connectivity index (χ3v) is 13.0. The van der Waals surface area contributed by atoms with E-state index < -0.39 is 0 Å². The van der Waals surface area contributed by atoms with Crippen LogP contribution in [-0.2, 0) is 0 Å². The van der Waals surface area contributed by atoms with E-state index >= 15 is 0 Å². The summed E-state index contributed by atoms with van der Waals surface area (Å²) < 4.78 is 9.05. The largest absolute Gasteiger partial charge is 0.455 e. The summed E-state index contributed by atoms with van der Waals surface area (Å²) in [5.74, 6) is 0. The van der Waals surface area contributed by atoms with Crippen molar-refractivity contribution >= 4 is 92.1 Å².